The molecule has 1 aliphatic heterocycles. The van der Waals surface area contributed by atoms with Crippen molar-refractivity contribution < 1.29 is 19.1 Å². The van der Waals surface area contributed by atoms with Crippen LogP contribution < -0.4 is 0 Å². The fourth-order valence-electron chi connectivity index (χ4n) is 8.63. The number of ether oxygens (including phenoxy) is 2. The molecule has 4 nitrogen and oxygen atoms in total. The summed E-state index contributed by atoms with van der Waals surface area (Å²) < 4.78 is 11.8. The van der Waals surface area contributed by atoms with E-state index in [4.69, 9.17) is 9.47 Å². The first-order valence-electron chi connectivity index (χ1n) is 13.4. The summed E-state index contributed by atoms with van der Waals surface area (Å²) in [5, 5.41) is 0. The third kappa shape index (κ3) is 4.13. The van der Waals surface area contributed by atoms with E-state index >= 15 is 0 Å². The smallest absolute Gasteiger partial charge is 0.309 e. The summed E-state index contributed by atoms with van der Waals surface area (Å²) in [6.07, 6.45) is 11.4. The number of esters is 2. The lowest BCUT2D eigenvalue weighted by Crippen LogP contribution is -2.60. The largest absolute Gasteiger partial charge is 0.463 e. The molecular weight excluding hydrogens is 400 g/mol. The van der Waals surface area contributed by atoms with Gasteiger partial charge in [0.15, 0.2) is 0 Å². The van der Waals surface area contributed by atoms with Gasteiger partial charge in [-0.2, -0.15) is 0 Å². The van der Waals surface area contributed by atoms with E-state index < -0.39 is 0 Å². The number of hydrogen-bond acceptors (Lipinski definition) is 4. The summed E-state index contributed by atoms with van der Waals surface area (Å²) in [5.41, 5.74) is 0.287. The second-order valence-electron chi connectivity index (χ2n) is 12.7. The lowest BCUT2D eigenvalue weighted by molar-refractivity contribution is -0.218. The average molecular weight is 447 g/mol. The van der Waals surface area contributed by atoms with Crippen molar-refractivity contribution in [1.29, 1.82) is 0 Å². The van der Waals surface area contributed by atoms with Crippen LogP contribution in [0.3, 0.4) is 0 Å². The number of fused-ring (bicyclic) bond motifs is 5. The Kier molecular flexibility index (Phi) is 6.73. The maximum atomic E-state index is 13.3. The molecule has 182 valence electrons. The molecule has 3 saturated carbocycles. The molecular formula is C28H46O4. The van der Waals surface area contributed by atoms with Gasteiger partial charge in [0, 0.05) is 18.8 Å². The lowest BCUT2D eigenvalue weighted by Gasteiger charge is -2.59. The highest BCUT2D eigenvalue weighted by atomic mass is 16.6. The zero-order valence-electron chi connectivity index (χ0n) is 21.3. The van der Waals surface area contributed by atoms with Crippen LogP contribution in [0.5, 0.6) is 0 Å². The Balaban J connectivity index is 1.48. The van der Waals surface area contributed by atoms with E-state index in [0.29, 0.717) is 23.7 Å². The van der Waals surface area contributed by atoms with Crippen molar-refractivity contribution in [2.75, 3.05) is 0 Å². The minimum absolute atomic E-state index is 0.0149. The summed E-state index contributed by atoms with van der Waals surface area (Å²) in [5.74, 6) is 2.86. The molecule has 0 unspecified atom stereocenters. The van der Waals surface area contributed by atoms with Crippen molar-refractivity contribution in [3.8, 4) is 0 Å². The Labute approximate surface area is 195 Å². The van der Waals surface area contributed by atoms with Gasteiger partial charge in [-0.05, 0) is 73.5 Å². The van der Waals surface area contributed by atoms with E-state index in [1.54, 1.807) is 0 Å². The van der Waals surface area contributed by atoms with E-state index in [0.717, 1.165) is 30.6 Å². The van der Waals surface area contributed by atoms with E-state index in [9.17, 15) is 9.59 Å². The van der Waals surface area contributed by atoms with Crippen molar-refractivity contribution in [3.63, 3.8) is 0 Å². The van der Waals surface area contributed by atoms with Crippen LogP contribution >= 0.6 is 0 Å². The van der Waals surface area contributed by atoms with Crippen molar-refractivity contribution in [2.45, 2.75) is 118 Å². The van der Waals surface area contributed by atoms with Crippen molar-refractivity contribution >= 4 is 11.9 Å². The van der Waals surface area contributed by atoms with Crippen LogP contribution in [-0.2, 0) is 19.1 Å². The highest BCUT2D eigenvalue weighted by Gasteiger charge is 2.64. The highest BCUT2D eigenvalue weighted by molar-refractivity contribution is 5.75. The molecule has 1 saturated heterocycles. The first kappa shape index (κ1) is 24.1. The Morgan fingerprint density at radius 1 is 1.03 bits per heavy atom. The second kappa shape index (κ2) is 8.95. The minimum Gasteiger partial charge on any atom is -0.463 e. The first-order chi connectivity index (χ1) is 15.1. The van der Waals surface area contributed by atoms with Gasteiger partial charge in [-0.1, -0.05) is 53.9 Å². The predicted molar refractivity (Wildman–Crippen MR) is 126 cm³/mol. The van der Waals surface area contributed by atoms with Gasteiger partial charge in [0.05, 0.1) is 5.92 Å². The summed E-state index contributed by atoms with van der Waals surface area (Å²) in [4.78, 5) is 24.7. The fraction of sp³-hybridized carbons (Fsp3) is 0.929. The quantitative estimate of drug-likeness (QED) is 0.434. The van der Waals surface area contributed by atoms with Crippen LogP contribution in [0.1, 0.15) is 106 Å². The Bertz CT molecular complexity index is 716. The van der Waals surface area contributed by atoms with Gasteiger partial charge >= 0.3 is 11.9 Å². The molecule has 0 aromatic rings. The van der Waals surface area contributed by atoms with Gasteiger partial charge in [0.2, 0.25) is 0 Å². The first-order valence-corrected chi connectivity index (χ1v) is 13.4. The monoisotopic (exact) mass is 446 g/mol. The van der Waals surface area contributed by atoms with Gasteiger partial charge in [-0.3, -0.25) is 9.59 Å². The van der Waals surface area contributed by atoms with Crippen LogP contribution in [0.2, 0.25) is 0 Å². The molecule has 0 aromatic heterocycles. The molecule has 0 bridgehead atoms. The van der Waals surface area contributed by atoms with Gasteiger partial charge in [0.1, 0.15) is 12.2 Å². The number of carbonyl (C=O) groups is 2. The second-order valence-corrected chi connectivity index (χ2v) is 12.7. The zero-order valence-corrected chi connectivity index (χ0v) is 21.3. The van der Waals surface area contributed by atoms with Crippen molar-refractivity contribution in [3.05, 3.63) is 0 Å². The highest BCUT2D eigenvalue weighted by Crippen LogP contribution is 2.65. The molecule has 32 heavy (non-hydrogen) atoms. The fourth-order valence-corrected chi connectivity index (χ4v) is 8.63. The van der Waals surface area contributed by atoms with Gasteiger partial charge < -0.3 is 9.47 Å². The minimum atomic E-state index is -0.242. The summed E-state index contributed by atoms with van der Waals surface area (Å²) in [6.45, 7) is 13.4. The van der Waals surface area contributed by atoms with E-state index in [2.05, 4.69) is 34.6 Å². The molecule has 0 N–H and O–H groups in total. The average Bonchev–Trinajstić information content (AvgIpc) is 3.06. The summed E-state index contributed by atoms with van der Waals surface area (Å²) in [7, 11) is 0. The summed E-state index contributed by atoms with van der Waals surface area (Å²) in [6, 6.07) is 0. The van der Waals surface area contributed by atoms with Crippen molar-refractivity contribution in [2.24, 2.45) is 46.3 Å². The molecule has 0 spiro atoms. The van der Waals surface area contributed by atoms with Crippen LogP contribution in [0.25, 0.3) is 0 Å². The normalized spacial score (nSPS) is 44.3. The molecule has 0 amide bonds. The molecule has 9 atom stereocenters. The Morgan fingerprint density at radius 2 is 1.72 bits per heavy atom. The van der Waals surface area contributed by atoms with Gasteiger partial charge in [0.25, 0.3) is 0 Å². The Hall–Kier alpha value is -1.06. The maximum absolute atomic E-state index is 13.3. The predicted octanol–water partition coefficient (Wildman–Crippen LogP) is 6.55. The van der Waals surface area contributed by atoms with Crippen LogP contribution in [-0.4, -0.2) is 24.1 Å². The van der Waals surface area contributed by atoms with Crippen LogP contribution in [0.4, 0.5) is 0 Å². The SMILES string of the molecule is CC(=O)O[C@H]1CC[C@@]2(C)[C@H](C1)C(=O)O[C@H]1[C@H]2CC[C@]2(C)[C@@H]([C@@H](C)CCCC(C)C)CC[C@@H]12. The zero-order chi connectivity index (χ0) is 23.3. The maximum Gasteiger partial charge on any atom is 0.309 e. The molecule has 3 aliphatic carbocycles. The molecule has 4 fully saturated rings. The van der Waals surface area contributed by atoms with Gasteiger partial charge in [-0.25, -0.2) is 0 Å². The van der Waals surface area contributed by atoms with Crippen LogP contribution in [0, 0.1) is 46.3 Å². The van der Waals surface area contributed by atoms with E-state index in [1.165, 1.54) is 51.9 Å². The third-order valence-corrected chi connectivity index (χ3v) is 10.4. The lowest BCUT2D eigenvalue weighted by atomic mass is 9.49. The molecule has 0 radical (unpaired) electrons. The standard InChI is InChI=1S/C28H46O4/c1-17(2)8-7-9-18(3)21-10-11-22-25-23(13-15-27(21,22)5)28(6)14-12-20(31-19(4)29)16-24(28)26(30)32-25/h17-18,20-25H,7-16H2,1-6H3/t18-,20-,21+,22-,23+,24+,25+,27+,28+/m0/s1. The van der Waals surface area contributed by atoms with E-state index in [-0.39, 0.29) is 35.5 Å². The van der Waals surface area contributed by atoms with Crippen LogP contribution in [0.15, 0.2) is 0 Å². The Morgan fingerprint density at radius 3 is 2.41 bits per heavy atom. The van der Waals surface area contributed by atoms with Crippen molar-refractivity contribution in [1.82, 2.24) is 0 Å². The molecule has 1 heterocycles. The molecule has 4 rings (SSSR count). The topological polar surface area (TPSA) is 52.6 Å². The number of hydrogen-bond donors (Lipinski definition) is 0. The third-order valence-electron chi connectivity index (χ3n) is 10.4. The molecule has 4 heteroatoms. The van der Waals surface area contributed by atoms with Gasteiger partial charge in [-0.15, -0.1) is 0 Å². The number of carbonyl (C=O) groups excluding carboxylic acids is 2. The summed E-state index contributed by atoms with van der Waals surface area (Å²) >= 11 is 0. The number of rotatable bonds is 6. The molecule has 0 aromatic carbocycles. The van der Waals surface area contributed by atoms with E-state index in [1.807, 2.05) is 0 Å². The molecule has 4 aliphatic rings.